The molecule has 1 N–H and O–H groups in total. The number of para-hydroxylation sites is 1. The molecule has 0 saturated heterocycles. The van der Waals surface area contributed by atoms with Crippen molar-refractivity contribution in [1.29, 1.82) is 0 Å². The van der Waals surface area contributed by atoms with Crippen LogP contribution in [0.3, 0.4) is 0 Å². The van der Waals surface area contributed by atoms with E-state index in [0.717, 1.165) is 24.8 Å². The van der Waals surface area contributed by atoms with Gasteiger partial charge in [0.15, 0.2) is 0 Å². The average molecular weight is 229 g/mol. The van der Waals surface area contributed by atoms with Crippen LogP contribution in [-0.2, 0) is 11.2 Å². The summed E-state index contributed by atoms with van der Waals surface area (Å²) in [5.74, 6) is -0.716. The highest BCUT2D eigenvalue weighted by molar-refractivity contribution is 5.87. The monoisotopic (exact) mass is 229 g/mol. The van der Waals surface area contributed by atoms with Gasteiger partial charge < -0.3 is 9.67 Å². The molecule has 1 aliphatic rings. The molecule has 3 heteroatoms. The van der Waals surface area contributed by atoms with E-state index in [1.807, 2.05) is 22.8 Å². The maximum Gasteiger partial charge on any atom is 0.326 e. The zero-order chi connectivity index (χ0) is 12.0. The minimum absolute atomic E-state index is 0.391. The molecule has 1 aliphatic heterocycles. The van der Waals surface area contributed by atoms with E-state index >= 15 is 0 Å². The third kappa shape index (κ3) is 1.38. The van der Waals surface area contributed by atoms with E-state index in [9.17, 15) is 9.90 Å². The van der Waals surface area contributed by atoms with Crippen molar-refractivity contribution in [3.8, 4) is 0 Å². The Labute approximate surface area is 99.7 Å². The normalized spacial score (nSPS) is 19.2. The molecule has 0 aliphatic carbocycles. The van der Waals surface area contributed by atoms with Gasteiger partial charge in [0.25, 0.3) is 0 Å². The highest BCUT2D eigenvalue weighted by atomic mass is 16.4. The van der Waals surface area contributed by atoms with Crippen LogP contribution >= 0.6 is 0 Å². The molecule has 88 valence electrons. The smallest absolute Gasteiger partial charge is 0.326 e. The lowest BCUT2D eigenvalue weighted by atomic mass is 10.0. The summed E-state index contributed by atoms with van der Waals surface area (Å²) in [7, 11) is 0. The van der Waals surface area contributed by atoms with Gasteiger partial charge in [-0.2, -0.15) is 0 Å². The molecule has 1 aromatic carbocycles. The molecule has 0 radical (unpaired) electrons. The molecule has 0 saturated carbocycles. The van der Waals surface area contributed by atoms with Crippen molar-refractivity contribution in [1.82, 2.24) is 4.57 Å². The van der Waals surface area contributed by atoms with Gasteiger partial charge in [-0.05, 0) is 37.8 Å². The number of hydrogen-bond donors (Lipinski definition) is 1. The zero-order valence-corrected chi connectivity index (χ0v) is 9.81. The Morgan fingerprint density at radius 1 is 1.41 bits per heavy atom. The first kappa shape index (κ1) is 10.4. The predicted octanol–water partition coefficient (Wildman–Crippen LogP) is 2.91. The molecule has 2 heterocycles. The molecule has 3 nitrogen and oxygen atoms in total. The molecular weight excluding hydrogens is 214 g/mol. The van der Waals surface area contributed by atoms with Gasteiger partial charge in [-0.15, -0.1) is 0 Å². The number of rotatable bonds is 1. The molecule has 2 aromatic rings. The lowest BCUT2D eigenvalue weighted by Crippen LogP contribution is -2.24. The molecule has 17 heavy (non-hydrogen) atoms. The summed E-state index contributed by atoms with van der Waals surface area (Å²) in [4.78, 5) is 11.3. The van der Waals surface area contributed by atoms with Crippen molar-refractivity contribution in [3.05, 3.63) is 35.5 Å². The number of aliphatic carboxylic acids is 1. The van der Waals surface area contributed by atoms with Crippen LogP contribution in [0.1, 0.15) is 30.1 Å². The quantitative estimate of drug-likeness (QED) is 0.817. The number of carboxylic acid groups (broad SMARTS) is 1. The summed E-state index contributed by atoms with van der Waals surface area (Å²) in [5, 5.41) is 10.5. The number of carbonyl (C=O) groups is 1. The summed E-state index contributed by atoms with van der Waals surface area (Å²) in [5.41, 5.74) is 3.50. The molecule has 3 rings (SSSR count). The number of fused-ring (bicyclic) bond motifs is 3. The fourth-order valence-electron chi connectivity index (χ4n) is 2.97. The van der Waals surface area contributed by atoms with Crippen LogP contribution in [-0.4, -0.2) is 15.6 Å². The van der Waals surface area contributed by atoms with Crippen LogP contribution in [0.25, 0.3) is 10.9 Å². The summed E-state index contributed by atoms with van der Waals surface area (Å²) in [6.07, 6.45) is 2.69. The number of carboxylic acids is 1. The maximum absolute atomic E-state index is 11.3. The van der Waals surface area contributed by atoms with E-state index in [4.69, 9.17) is 0 Å². The Kier molecular flexibility index (Phi) is 2.21. The van der Waals surface area contributed by atoms with E-state index in [2.05, 4.69) is 13.0 Å². The number of nitrogens with zero attached hydrogens (tertiary/aromatic N) is 1. The second-order valence-corrected chi connectivity index (χ2v) is 4.71. The lowest BCUT2D eigenvalue weighted by molar-refractivity contribution is -0.141. The average Bonchev–Trinajstić information content (AvgIpc) is 2.64. The SMILES string of the molecule is Cc1c2n(c3ccccc13)C(C(=O)O)CCC2. The number of aromatic nitrogens is 1. The maximum atomic E-state index is 11.3. The third-order valence-corrected chi connectivity index (χ3v) is 3.78. The summed E-state index contributed by atoms with van der Waals surface area (Å²) < 4.78 is 2.02. The minimum Gasteiger partial charge on any atom is -0.480 e. The second-order valence-electron chi connectivity index (χ2n) is 4.71. The Morgan fingerprint density at radius 3 is 2.94 bits per heavy atom. The van der Waals surface area contributed by atoms with E-state index in [0.29, 0.717) is 0 Å². The second kappa shape index (κ2) is 3.62. The van der Waals surface area contributed by atoms with Gasteiger partial charge in [0.1, 0.15) is 6.04 Å². The predicted molar refractivity (Wildman–Crippen MR) is 66.3 cm³/mol. The van der Waals surface area contributed by atoms with Crippen LogP contribution in [0.15, 0.2) is 24.3 Å². The highest BCUT2D eigenvalue weighted by Crippen LogP contribution is 2.35. The Bertz CT molecular complexity index is 598. The van der Waals surface area contributed by atoms with Crippen molar-refractivity contribution in [3.63, 3.8) is 0 Å². The molecule has 0 fully saturated rings. The molecule has 1 unspecified atom stereocenters. The van der Waals surface area contributed by atoms with Gasteiger partial charge in [-0.3, -0.25) is 0 Å². The molecule has 1 aromatic heterocycles. The van der Waals surface area contributed by atoms with Crippen LogP contribution < -0.4 is 0 Å². The van der Waals surface area contributed by atoms with Crippen LogP contribution in [0.2, 0.25) is 0 Å². The number of benzene rings is 1. The Morgan fingerprint density at radius 2 is 2.18 bits per heavy atom. The van der Waals surface area contributed by atoms with Gasteiger partial charge >= 0.3 is 5.97 Å². The number of aryl methyl sites for hydroxylation is 1. The third-order valence-electron chi connectivity index (χ3n) is 3.78. The fraction of sp³-hybridized carbons (Fsp3) is 0.357. The van der Waals surface area contributed by atoms with E-state index in [1.54, 1.807) is 0 Å². The summed E-state index contributed by atoms with van der Waals surface area (Å²) in [6.45, 7) is 2.10. The largest absolute Gasteiger partial charge is 0.480 e. The lowest BCUT2D eigenvalue weighted by Gasteiger charge is -2.24. The Balaban J connectivity index is 2.35. The van der Waals surface area contributed by atoms with Gasteiger partial charge in [0.05, 0.1) is 0 Å². The van der Waals surface area contributed by atoms with Crippen molar-refractivity contribution >= 4 is 16.9 Å². The molecular formula is C14H15NO2. The van der Waals surface area contributed by atoms with Gasteiger partial charge in [-0.1, -0.05) is 18.2 Å². The molecule has 1 atom stereocenters. The minimum atomic E-state index is -0.716. The molecule has 0 spiro atoms. The first-order valence-electron chi connectivity index (χ1n) is 6.01. The highest BCUT2D eigenvalue weighted by Gasteiger charge is 2.28. The van der Waals surface area contributed by atoms with E-state index in [1.165, 1.54) is 16.6 Å². The molecule has 0 amide bonds. The first-order chi connectivity index (χ1) is 8.20. The van der Waals surface area contributed by atoms with Crippen molar-refractivity contribution in [2.45, 2.75) is 32.2 Å². The standard InChI is InChI=1S/C14H15NO2/c1-9-10-5-2-3-6-12(10)15-11(9)7-4-8-13(15)14(16)17/h2-3,5-6,13H,4,7-8H2,1H3,(H,16,17). The van der Waals surface area contributed by atoms with Crippen LogP contribution in [0.4, 0.5) is 0 Å². The van der Waals surface area contributed by atoms with Crippen LogP contribution in [0, 0.1) is 6.92 Å². The van der Waals surface area contributed by atoms with Crippen molar-refractivity contribution < 1.29 is 9.90 Å². The van der Waals surface area contributed by atoms with Gasteiger partial charge in [0, 0.05) is 16.6 Å². The molecule has 0 bridgehead atoms. The van der Waals surface area contributed by atoms with Crippen molar-refractivity contribution in [2.24, 2.45) is 0 Å². The summed E-state index contributed by atoms with van der Waals surface area (Å²) >= 11 is 0. The topological polar surface area (TPSA) is 42.2 Å². The van der Waals surface area contributed by atoms with Gasteiger partial charge in [0.2, 0.25) is 0 Å². The zero-order valence-electron chi connectivity index (χ0n) is 9.81. The Hall–Kier alpha value is -1.77. The number of hydrogen-bond acceptors (Lipinski definition) is 1. The summed E-state index contributed by atoms with van der Waals surface area (Å²) in [6, 6.07) is 7.69. The van der Waals surface area contributed by atoms with E-state index in [-0.39, 0.29) is 0 Å². The van der Waals surface area contributed by atoms with Crippen molar-refractivity contribution in [2.75, 3.05) is 0 Å². The fourth-order valence-corrected chi connectivity index (χ4v) is 2.97. The van der Waals surface area contributed by atoms with Crippen LogP contribution in [0.5, 0.6) is 0 Å². The van der Waals surface area contributed by atoms with Gasteiger partial charge in [-0.25, -0.2) is 4.79 Å². The van der Waals surface area contributed by atoms with E-state index < -0.39 is 12.0 Å². The first-order valence-corrected chi connectivity index (χ1v) is 6.01.